The molecule has 1 unspecified atom stereocenters. The van der Waals surface area contributed by atoms with Gasteiger partial charge in [-0.1, -0.05) is 23.2 Å². The molecular formula is C11H11Cl2NS2. The Hall–Kier alpha value is -0.0600. The first-order chi connectivity index (χ1) is 7.65. The summed E-state index contributed by atoms with van der Waals surface area (Å²) >= 11 is 15.8. The van der Waals surface area contributed by atoms with E-state index in [-0.39, 0.29) is 6.04 Å². The van der Waals surface area contributed by atoms with Crippen LogP contribution in [-0.4, -0.2) is 7.05 Å². The molecule has 0 aromatic carbocycles. The van der Waals surface area contributed by atoms with Crippen LogP contribution in [0.5, 0.6) is 0 Å². The zero-order chi connectivity index (χ0) is 11.7. The van der Waals surface area contributed by atoms with Crippen molar-refractivity contribution in [2.24, 2.45) is 0 Å². The molecule has 2 rings (SSSR count). The van der Waals surface area contributed by atoms with E-state index in [0.717, 1.165) is 25.4 Å². The minimum absolute atomic E-state index is 0.0960. The average Bonchev–Trinajstić information content (AvgIpc) is 2.81. The summed E-state index contributed by atoms with van der Waals surface area (Å²) in [5.74, 6) is 0. The Balaban J connectivity index is 2.45. The van der Waals surface area contributed by atoms with Crippen molar-refractivity contribution in [2.75, 3.05) is 7.05 Å². The highest BCUT2D eigenvalue weighted by Crippen LogP contribution is 2.39. The Morgan fingerprint density at radius 1 is 1.25 bits per heavy atom. The Bertz CT molecular complexity index is 490. The van der Waals surface area contributed by atoms with Crippen molar-refractivity contribution < 1.29 is 0 Å². The molecule has 0 aliphatic heterocycles. The third-order valence-electron chi connectivity index (χ3n) is 2.38. The zero-order valence-electron chi connectivity index (χ0n) is 8.88. The van der Waals surface area contributed by atoms with Crippen molar-refractivity contribution in [1.82, 2.24) is 5.32 Å². The highest BCUT2D eigenvalue weighted by Gasteiger charge is 2.21. The smallest absolute Gasteiger partial charge is 0.0792 e. The van der Waals surface area contributed by atoms with E-state index in [4.69, 9.17) is 23.2 Å². The van der Waals surface area contributed by atoms with E-state index in [1.807, 2.05) is 25.4 Å². The molecule has 0 saturated carbocycles. The SMILES string of the molecule is CNC(c1sccc1Cl)c1scc(C)c1Cl. The predicted octanol–water partition coefficient (Wildman–Crippen LogP) is 4.73. The molecule has 86 valence electrons. The molecule has 0 saturated heterocycles. The highest BCUT2D eigenvalue weighted by atomic mass is 35.5. The van der Waals surface area contributed by atoms with Gasteiger partial charge >= 0.3 is 0 Å². The van der Waals surface area contributed by atoms with E-state index in [1.54, 1.807) is 22.7 Å². The van der Waals surface area contributed by atoms with Crippen LogP contribution in [-0.2, 0) is 0 Å². The molecule has 1 atom stereocenters. The van der Waals surface area contributed by atoms with Crippen LogP contribution >= 0.6 is 45.9 Å². The summed E-state index contributed by atoms with van der Waals surface area (Å²) < 4.78 is 0. The first-order valence-corrected chi connectivity index (χ1v) is 7.30. The fraction of sp³-hybridized carbons (Fsp3) is 0.273. The van der Waals surface area contributed by atoms with Crippen LogP contribution < -0.4 is 5.32 Å². The molecule has 0 bridgehead atoms. The average molecular weight is 292 g/mol. The van der Waals surface area contributed by atoms with Gasteiger partial charge in [-0.25, -0.2) is 0 Å². The fourth-order valence-electron chi connectivity index (χ4n) is 1.54. The van der Waals surface area contributed by atoms with Crippen LogP contribution in [0.2, 0.25) is 10.0 Å². The fourth-order valence-corrected chi connectivity index (χ4v) is 4.32. The monoisotopic (exact) mass is 291 g/mol. The van der Waals surface area contributed by atoms with Gasteiger partial charge in [-0.05, 0) is 36.4 Å². The van der Waals surface area contributed by atoms with Gasteiger partial charge in [0.25, 0.3) is 0 Å². The van der Waals surface area contributed by atoms with E-state index in [9.17, 15) is 0 Å². The van der Waals surface area contributed by atoms with Gasteiger partial charge < -0.3 is 5.32 Å². The maximum atomic E-state index is 6.28. The molecule has 1 nitrogen and oxygen atoms in total. The number of rotatable bonds is 3. The van der Waals surface area contributed by atoms with E-state index < -0.39 is 0 Å². The maximum absolute atomic E-state index is 6.28. The van der Waals surface area contributed by atoms with E-state index in [2.05, 4.69) is 10.7 Å². The lowest BCUT2D eigenvalue weighted by atomic mass is 10.2. The standard InChI is InChI=1S/C11H11Cl2NS2/c1-6-5-16-11(8(6)13)9(14-2)10-7(12)3-4-15-10/h3-5,9,14H,1-2H3. The van der Waals surface area contributed by atoms with Crippen molar-refractivity contribution in [2.45, 2.75) is 13.0 Å². The molecule has 0 amide bonds. The third kappa shape index (κ3) is 2.15. The maximum Gasteiger partial charge on any atom is 0.0792 e. The number of nitrogens with one attached hydrogen (secondary N) is 1. The summed E-state index contributed by atoms with van der Waals surface area (Å²) in [6.07, 6.45) is 0. The van der Waals surface area contributed by atoms with Crippen LogP contribution in [0, 0.1) is 6.92 Å². The molecule has 1 N–H and O–H groups in total. The number of thiophene rings is 2. The lowest BCUT2D eigenvalue weighted by Gasteiger charge is -2.14. The van der Waals surface area contributed by atoms with Crippen LogP contribution in [0.15, 0.2) is 16.8 Å². The summed E-state index contributed by atoms with van der Waals surface area (Å²) in [7, 11) is 1.92. The Labute approximate surface area is 113 Å². The van der Waals surface area contributed by atoms with Crippen molar-refractivity contribution in [3.63, 3.8) is 0 Å². The summed E-state index contributed by atoms with van der Waals surface area (Å²) in [5, 5.41) is 8.98. The van der Waals surface area contributed by atoms with Gasteiger partial charge in [-0.3, -0.25) is 0 Å². The quantitative estimate of drug-likeness (QED) is 0.862. The molecule has 5 heteroatoms. The Morgan fingerprint density at radius 2 is 2.00 bits per heavy atom. The third-order valence-corrected chi connectivity index (χ3v) is 5.59. The van der Waals surface area contributed by atoms with Crippen LogP contribution in [0.25, 0.3) is 0 Å². The lowest BCUT2D eigenvalue weighted by Crippen LogP contribution is -2.15. The van der Waals surface area contributed by atoms with E-state index in [1.165, 1.54) is 0 Å². The van der Waals surface area contributed by atoms with Gasteiger partial charge in [0, 0.05) is 9.75 Å². The van der Waals surface area contributed by atoms with Crippen molar-refractivity contribution in [3.8, 4) is 0 Å². The van der Waals surface area contributed by atoms with Crippen LogP contribution in [0.3, 0.4) is 0 Å². The van der Waals surface area contributed by atoms with Gasteiger partial charge in [-0.2, -0.15) is 0 Å². The number of halogens is 2. The molecule has 0 spiro atoms. The first kappa shape index (κ1) is 12.4. The molecule has 0 aliphatic rings. The van der Waals surface area contributed by atoms with Gasteiger partial charge in [0.1, 0.15) is 0 Å². The first-order valence-electron chi connectivity index (χ1n) is 4.78. The Kier molecular flexibility index (Phi) is 3.93. The molecule has 2 aromatic rings. The van der Waals surface area contributed by atoms with Crippen molar-refractivity contribution in [3.05, 3.63) is 42.2 Å². The second-order valence-corrected chi connectivity index (χ2v) is 6.10. The largest absolute Gasteiger partial charge is 0.308 e. The number of aryl methyl sites for hydroxylation is 1. The summed E-state index contributed by atoms with van der Waals surface area (Å²) in [6.45, 7) is 2.02. The molecule has 0 fully saturated rings. The summed E-state index contributed by atoms with van der Waals surface area (Å²) in [5.41, 5.74) is 1.12. The normalized spacial score (nSPS) is 13.0. The van der Waals surface area contributed by atoms with Crippen molar-refractivity contribution >= 4 is 45.9 Å². The molecular weight excluding hydrogens is 281 g/mol. The molecule has 0 aliphatic carbocycles. The predicted molar refractivity (Wildman–Crippen MR) is 74.3 cm³/mol. The Morgan fingerprint density at radius 3 is 2.44 bits per heavy atom. The summed E-state index contributed by atoms with van der Waals surface area (Å²) in [4.78, 5) is 2.25. The van der Waals surface area contributed by atoms with Crippen LogP contribution in [0.4, 0.5) is 0 Å². The van der Waals surface area contributed by atoms with E-state index in [0.29, 0.717) is 0 Å². The van der Waals surface area contributed by atoms with Gasteiger partial charge in [0.15, 0.2) is 0 Å². The van der Waals surface area contributed by atoms with Gasteiger partial charge in [0.2, 0.25) is 0 Å². The summed E-state index contributed by atoms with van der Waals surface area (Å²) in [6, 6.07) is 2.01. The highest BCUT2D eigenvalue weighted by molar-refractivity contribution is 7.12. The van der Waals surface area contributed by atoms with Gasteiger partial charge in [0.05, 0.1) is 16.1 Å². The van der Waals surface area contributed by atoms with Crippen LogP contribution in [0.1, 0.15) is 21.4 Å². The van der Waals surface area contributed by atoms with Gasteiger partial charge in [-0.15, -0.1) is 22.7 Å². The number of hydrogen-bond donors (Lipinski definition) is 1. The minimum atomic E-state index is 0.0960. The number of hydrogen-bond acceptors (Lipinski definition) is 3. The zero-order valence-corrected chi connectivity index (χ0v) is 12.0. The topological polar surface area (TPSA) is 12.0 Å². The second-order valence-electron chi connectivity index (χ2n) is 3.45. The minimum Gasteiger partial charge on any atom is -0.308 e. The molecule has 0 radical (unpaired) electrons. The van der Waals surface area contributed by atoms with E-state index >= 15 is 0 Å². The van der Waals surface area contributed by atoms with Crippen molar-refractivity contribution in [1.29, 1.82) is 0 Å². The molecule has 2 heterocycles. The molecule has 2 aromatic heterocycles. The second kappa shape index (κ2) is 5.07. The molecule has 16 heavy (non-hydrogen) atoms. The lowest BCUT2D eigenvalue weighted by molar-refractivity contribution is 0.716.